The zero-order chi connectivity index (χ0) is 21.7. The lowest BCUT2D eigenvalue weighted by atomic mass is 9.71. The van der Waals surface area contributed by atoms with Gasteiger partial charge in [0.2, 0.25) is 11.8 Å². The number of amides is 1. The molecule has 2 aromatic rings. The summed E-state index contributed by atoms with van der Waals surface area (Å²) >= 11 is 5.64. The largest absolute Gasteiger partial charge is 0.477 e. The van der Waals surface area contributed by atoms with Crippen molar-refractivity contribution in [2.24, 2.45) is 0 Å². The molecule has 1 saturated carbocycles. The van der Waals surface area contributed by atoms with Gasteiger partial charge in [-0.15, -0.1) is 0 Å². The fourth-order valence-corrected chi connectivity index (χ4v) is 4.10. The summed E-state index contributed by atoms with van der Waals surface area (Å²) in [6.45, 7) is 0. The Labute approximate surface area is 173 Å². The molecule has 0 unspecified atom stereocenters. The van der Waals surface area contributed by atoms with Gasteiger partial charge in [-0.25, -0.2) is 14.8 Å². The standard InChI is InChI=1S/C19H15ClF3N3O4/c20-9-7-11(19(21,22)23)15(24-8-9)30-10-3-5-18(6-4-10)14-12(26-17(18)29)1-2-13(25-14)16(27)28/h1-2,7-8,10H,3-6H2,(H,26,29)(H,27,28)/t10-,18-. The van der Waals surface area contributed by atoms with Crippen LogP contribution in [0.25, 0.3) is 0 Å². The number of nitrogens with one attached hydrogen (secondary N) is 1. The lowest BCUT2D eigenvalue weighted by Gasteiger charge is -2.35. The summed E-state index contributed by atoms with van der Waals surface area (Å²) in [6, 6.07) is 3.56. The predicted octanol–water partition coefficient (Wildman–Crippen LogP) is 4.06. The first-order valence-corrected chi connectivity index (χ1v) is 9.43. The number of pyridine rings is 2. The van der Waals surface area contributed by atoms with Crippen molar-refractivity contribution in [2.75, 3.05) is 5.32 Å². The molecule has 2 N–H and O–H groups in total. The van der Waals surface area contributed by atoms with E-state index < -0.39 is 35.1 Å². The zero-order valence-electron chi connectivity index (χ0n) is 15.3. The van der Waals surface area contributed by atoms with Crippen LogP contribution in [0.4, 0.5) is 18.9 Å². The number of alkyl halides is 3. The average Bonchev–Trinajstić information content (AvgIpc) is 2.95. The van der Waals surface area contributed by atoms with Crippen molar-refractivity contribution < 1.29 is 32.6 Å². The first-order valence-electron chi connectivity index (χ1n) is 9.06. The number of carbonyl (C=O) groups excluding carboxylic acids is 1. The van der Waals surface area contributed by atoms with E-state index >= 15 is 0 Å². The summed E-state index contributed by atoms with van der Waals surface area (Å²) in [4.78, 5) is 31.7. The summed E-state index contributed by atoms with van der Waals surface area (Å²) in [5.41, 5.74) is -1.47. The van der Waals surface area contributed by atoms with Crippen LogP contribution in [0.5, 0.6) is 5.88 Å². The number of anilines is 1. The third-order valence-electron chi connectivity index (χ3n) is 5.44. The van der Waals surface area contributed by atoms with Crippen LogP contribution in [0.15, 0.2) is 24.4 Å². The molecule has 2 aromatic heterocycles. The maximum absolute atomic E-state index is 13.3. The number of aromatic nitrogens is 2. The SMILES string of the molecule is O=C(O)c1ccc2c(n1)[C@]1(CC[C@@H](Oc3ncc(Cl)cc3C(F)(F)F)CC1)C(=O)N2. The van der Waals surface area contributed by atoms with Crippen molar-refractivity contribution in [2.45, 2.75) is 43.4 Å². The molecular weight excluding hydrogens is 427 g/mol. The number of rotatable bonds is 3. The lowest BCUT2D eigenvalue weighted by molar-refractivity contribution is -0.139. The smallest absolute Gasteiger partial charge is 0.421 e. The number of carboxylic acid groups (broad SMARTS) is 1. The summed E-state index contributed by atoms with van der Waals surface area (Å²) in [6.07, 6.45) is -3.15. The number of fused-ring (bicyclic) bond motifs is 2. The van der Waals surface area contributed by atoms with Crippen LogP contribution in [0, 0.1) is 0 Å². The van der Waals surface area contributed by atoms with E-state index in [1.54, 1.807) is 0 Å². The molecule has 1 amide bonds. The maximum Gasteiger partial charge on any atom is 0.421 e. The van der Waals surface area contributed by atoms with Crippen LogP contribution in [-0.4, -0.2) is 33.1 Å². The van der Waals surface area contributed by atoms with E-state index in [2.05, 4.69) is 15.3 Å². The van der Waals surface area contributed by atoms with E-state index in [1.165, 1.54) is 12.1 Å². The van der Waals surface area contributed by atoms with Gasteiger partial charge in [-0.3, -0.25) is 4.79 Å². The van der Waals surface area contributed by atoms with E-state index in [0.29, 0.717) is 11.4 Å². The fraction of sp³-hybridized carbons (Fsp3) is 0.368. The van der Waals surface area contributed by atoms with Crippen molar-refractivity contribution in [1.82, 2.24) is 9.97 Å². The van der Waals surface area contributed by atoms with Gasteiger partial charge in [-0.1, -0.05) is 11.6 Å². The van der Waals surface area contributed by atoms with E-state index in [0.717, 1.165) is 12.3 Å². The Kier molecular flexibility index (Phi) is 4.84. The van der Waals surface area contributed by atoms with Gasteiger partial charge in [-0.2, -0.15) is 13.2 Å². The number of ether oxygens (including phenoxy) is 1. The van der Waals surface area contributed by atoms with Gasteiger partial charge in [0.15, 0.2) is 0 Å². The molecule has 7 nitrogen and oxygen atoms in total. The Bertz CT molecular complexity index is 1040. The predicted molar refractivity (Wildman–Crippen MR) is 98.6 cm³/mol. The van der Waals surface area contributed by atoms with Crippen LogP contribution in [-0.2, 0) is 16.4 Å². The average molecular weight is 442 g/mol. The first-order chi connectivity index (χ1) is 14.1. The molecule has 0 bridgehead atoms. The molecule has 0 radical (unpaired) electrons. The minimum absolute atomic E-state index is 0.156. The van der Waals surface area contributed by atoms with Gasteiger partial charge in [-0.05, 0) is 43.9 Å². The summed E-state index contributed by atoms with van der Waals surface area (Å²) in [5.74, 6) is -2.07. The number of halogens is 4. The number of nitrogens with zero attached hydrogens (tertiary/aromatic N) is 2. The number of carbonyl (C=O) groups is 2. The number of hydrogen-bond donors (Lipinski definition) is 2. The molecular formula is C19H15ClF3N3O4. The Hall–Kier alpha value is -2.88. The van der Waals surface area contributed by atoms with Gasteiger partial charge in [0.05, 0.1) is 21.8 Å². The van der Waals surface area contributed by atoms with E-state index in [9.17, 15) is 27.9 Å². The maximum atomic E-state index is 13.3. The van der Waals surface area contributed by atoms with Crippen molar-refractivity contribution in [1.29, 1.82) is 0 Å². The minimum Gasteiger partial charge on any atom is -0.477 e. The molecule has 0 aromatic carbocycles. The van der Waals surface area contributed by atoms with Gasteiger partial charge >= 0.3 is 12.1 Å². The summed E-state index contributed by atoms with van der Waals surface area (Å²) < 4.78 is 45.3. The summed E-state index contributed by atoms with van der Waals surface area (Å²) in [5, 5.41) is 11.7. The Morgan fingerprint density at radius 2 is 2.00 bits per heavy atom. The minimum atomic E-state index is -4.68. The number of carboxylic acids is 1. The van der Waals surface area contributed by atoms with E-state index in [-0.39, 0.29) is 42.3 Å². The second-order valence-corrected chi connectivity index (χ2v) is 7.69. The van der Waals surface area contributed by atoms with Crippen molar-refractivity contribution >= 4 is 29.2 Å². The monoisotopic (exact) mass is 441 g/mol. The third kappa shape index (κ3) is 3.45. The molecule has 1 spiro atoms. The lowest BCUT2D eigenvalue weighted by Crippen LogP contribution is -2.41. The Balaban J connectivity index is 1.55. The van der Waals surface area contributed by atoms with Gasteiger partial charge in [0.1, 0.15) is 17.4 Å². The molecule has 1 aliphatic carbocycles. The topological polar surface area (TPSA) is 101 Å². The molecule has 1 fully saturated rings. The van der Waals surface area contributed by atoms with Crippen LogP contribution in [0.1, 0.15) is 47.4 Å². The highest BCUT2D eigenvalue weighted by molar-refractivity contribution is 6.30. The third-order valence-corrected chi connectivity index (χ3v) is 5.64. The summed E-state index contributed by atoms with van der Waals surface area (Å²) in [7, 11) is 0. The first kappa shape index (κ1) is 20.4. The van der Waals surface area contributed by atoms with Crippen LogP contribution in [0.2, 0.25) is 5.02 Å². The molecule has 30 heavy (non-hydrogen) atoms. The van der Waals surface area contributed by atoms with E-state index in [1.807, 2.05) is 0 Å². The second-order valence-electron chi connectivity index (χ2n) is 7.26. The molecule has 4 rings (SSSR count). The zero-order valence-corrected chi connectivity index (χ0v) is 16.0. The van der Waals surface area contributed by atoms with Crippen LogP contribution >= 0.6 is 11.6 Å². The molecule has 158 valence electrons. The molecule has 11 heteroatoms. The molecule has 1 aliphatic heterocycles. The van der Waals surface area contributed by atoms with Crippen molar-refractivity contribution in [3.8, 4) is 5.88 Å². The quantitative estimate of drug-likeness (QED) is 0.745. The number of aromatic carboxylic acids is 1. The Morgan fingerprint density at radius 1 is 1.30 bits per heavy atom. The van der Waals surface area contributed by atoms with Gasteiger partial charge in [0, 0.05) is 6.20 Å². The Morgan fingerprint density at radius 3 is 2.63 bits per heavy atom. The highest BCUT2D eigenvalue weighted by Crippen LogP contribution is 2.47. The normalized spacial score (nSPS) is 23.2. The molecule has 3 heterocycles. The highest BCUT2D eigenvalue weighted by atomic mass is 35.5. The van der Waals surface area contributed by atoms with Crippen molar-refractivity contribution in [3.63, 3.8) is 0 Å². The molecule has 0 atom stereocenters. The fourth-order valence-electron chi connectivity index (χ4n) is 3.94. The van der Waals surface area contributed by atoms with Crippen LogP contribution in [0.3, 0.4) is 0 Å². The molecule has 2 aliphatic rings. The van der Waals surface area contributed by atoms with Crippen molar-refractivity contribution in [3.05, 3.63) is 46.4 Å². The van der Waals surface area contributed by atoms with E-state index in [4.69, 9.17) is 16.3 Å². The number of hydrogen-bond acceptors (Lipinski definition) is 5. The van der Waals surface area contributed by atoms with Gasteiger partial charge in [0.25, 0.3) is 0 Å². The molecule has 0 saturated heterocycles. The van der Waals surface area contributed by atoms with Gasteiger partial charge < -0.3 is 15.2 Å². The second kappa shape index (κ2) is 7.12. The van der Waals surface area contributed by atoms with Crippen LogP contribution < -0.4 is 10.1 Å². The highest BCUT2D eigenvalue weighted by Gasteiger charge is 2.51.